The van der Waals surface area contributed by atoms with Gasteiger partial charge in [0.1, 0.15) is 18.5 Å². The Morgan fingerprint density at radius 1 is 1.42 bits per heavy atom. The molecule has 19 heavy (non-hydrogen) atoms. The first-order valence-electron chi connectivity index (χ1n) is 6.49. The minimum absolute atomic E-state index is 0.193. The number of rotatable bonds is 6. The Hall–Kier alpha value is -0.480. The summed E-state index contributed by atoms with van der Waals surface area (Å²) in [5.41, 5.74) is 0.193. The van der Waals surface area contributed by atoms with Crippen molar-refractivity contribution in [3.05, 3.63) is 28.2 Å². The van der Waals surface area contributed by atoms with Crippen LogP contribution in [0.5, 0.6) is 5.75 Å². The number of hydrogen-bond donors (Lipinski definition) is 2. The van der Waals surface area contributed by atoms with Crippen LogP contribution in [-0.4, -0.2) is 29.9 Å². The van der Waals surface area contributed by atoms with E-state index in [0.29, 0.717) is 22.3 Å². The number of halogens is 2. The molecular weight excluding hydrogens is 285 g/mol. The van der Waals surface area contributed by atoms with Crippen LogP contribution in [-0.2, 0) is 0 Å². The average molecular weight is 304 g/mol. The van der Waals surface area contributed by atoms with E-state index >= 15 is 0 Å². The van der Waals surface area contributed by atoms with Gasteiger partial charge < -0.3 is 15.2 Å². The number of β-amino-alcohol motifs (C(OH)–C–C–N with tert-alkyl or cyclic N) is 1. The van der Waals surface area contributed by atoms with Gasteiger partial charge in [0, 0.05) is 17.1 Å². The molecule has 1 saturated carbocycles. The molecule has 3 nitrogen and oxygen atoms in total. The van der Waals surface area contributed by atoms with Crippen molar-refractivity contribution in [1.82, 2.24) is 5.32 Å². The SMILES string of the molecule is CC1(NCC(O)COc2ccc(Cl)cc2Cl)CCC1. The summed E-state index contributed by atoms with van der Waals surface area (Å²) in [7, 11) is 0. The number of nitrogens with one attached hydrogen (secondary N) is 1. The summed E-state index contributed by atoms with van der Waals surface area (Å²) in [6, 6.07) is 5.04. The second kappa shape index (κ2) is 6.31. The van der Waals surface area contributed by atoms with Crippen molar-refractivity contribution in [1.29, 1.82) is 0 Å². The minimum atomic E-state index is -0.552. The van der Waals surface area contributed by atoms with Gasteiger partial charge in [0.25, 0.3) is 0 Å². The zero-order valence-electron chi connectivity index (χ0n) is 11.0. The van der Waals surface area contributed by atoms with Gasteiger partial charge in [-0.1, -0.05) is 23.2 Å². The Labute approximate surface area is 123 Å². The molecular formula is C14H19Cl2NO2. The monoisotopic (exact) mass is 303 g/mol. The quantitative estimate of drug-likeness (QED) is 0.847. The fraction of sp³-hybridized carbons (Fsp3) is 0.571. The summed E-state index contributed by atoms with van der Waals surface area (Å²) in [4.78, 5) is 0. The van der Waals surface area contributed by atoms with Gasteiger partial charge in [0.2, 0.25) is 0 Å². The molecule has 1 fully saturated rings. The first-order valence-corrected chi connectivity index (χ1v) is 7.25. The van der Waals surface area contributed by atoms with Crippen molar-refractivity contribution >= 4 is 23.2 Å². The van der Waals surface area contributed by atoms with Crippen LogP contribution in [0, 0.1) is 0 Å². The van der Waals surface area contributed by atoms with Crippen LogP contribution >= 0.6 is 23.2 Å². The number of ether oxygens (including phenoxy) is 1. The Balaban J connectivity index is 1.75. The van der Waals surface area contributed by atoms with Gasteiger partial charge in [-0.05, 0) is 44.4 Å². The van der Waals surface area contributed by atoms with Crippen molar-refractivity contribution in [2.75, 3.05) is 13.2 Å². The van der Waals surface area contributed by atoms with Crippen molar-refractivity contribution < 1.29 is 9.84 Å². The lowest BCUT2D eigenvalue weighted by molar-refractivity contribution is 0.0868. The summed E-state index contributed by atoms with van der Waals surface area (Å²) in [6.45, 7) is 2.92. The smallest absolute Gasteiger partial charge is 0.138 e. The molecule has 1 aromatic rings. The third-order valence-corrected chi connectivity index (χ3v) is 4.08. The zero-order chi connectivity index (χ0) is 13.9. The van der Waals surface area contributed by atoms with Gasteiger partial charge in [-0.3, -0.25) is 0 Å². The average Bonchev–Trinajstić information content (AvgIpc) is 2.33. The van der Waals surface area contributed by atoms with Crippen molar-refractivity contribution in [2.24, 2.45) is 0 Å². The highest BCUT2D eigenvalue weighted by Crippen LogP contribution is 2.31. The van der Waals surface area contributed by atoms with E-state index in [2.05, 4.69) is 12.2 Å². The highest BCUT2D eigenvalue weighted by Gasteiger charge is 2.31. The first-order chi connectivity index (χ1) is 8.98. The predicted octanol–water partition coefficient (Wildman–Crippen LogP) is 3.27. The zero-order valence-corrected chi connectivity index (χ0v) is 12.5. The van der Waals surface area contributed by atoms with Crippen LogP contribution in [0.2, 0.25) is 10.0 Å². The molecule has 1 unspecified atom stereocenters. The molecule has 2 rings (SSSR count). The summed E-state index contributed by atoms with van der Waals surface area (Å²) < 4.78 is 5.49. The van der Waals surface area contributed by atoms with E-state index in [-0.39, 0.29) is 12.1 Å². The molecule has 1 aromatic carbocycles. The van der Waals surface area contributed by atoms with Gasteiger partial charge in [0.15, 0.2) is 0 Å². The minimum Gasteiger partial charge on any atom is -0.489 e. The Morgan fingerprint density at radius 3 is 2.74 bits per heavy atom. The Morgan fingerprint density at radius 2 is 2.16 bits per heavy atom. The number of hydrogen-bond acceptors (Lipinski definition) is 3. The number of aliphatic hydroxyl groups is 1. The van der Waals surface area contributed by atoms with E-state index in [9.17, 15) is 5.11 Å². The lowest BCUT2D eigenvalue weighted by Crippen LogP contribution is -2.51. The van der Waals surface area contributed by atoms with Crippen molar-refractivity contribution in [3.8, 4) is 5.75 Å². The molecule has 0 aromatic heterocycles. The largest absolute Gasteiger partial charge is 0.489 e. The molecule has 2 N–H and O–H groups in total. The van der Waals surface area contributed by atoms with Gasteiger partial charge in [-0.2, -0.15) is 0 Å². The van der Waals surface area contributed by atoms with Crippen LogP contribution in [0.1, 0.15) is 26.2 Å². The molecule has 0 saturated heterocycles. The van der Waals surface area contributed by atoms with E-state index in [0.717, 1.165) is 0 Å². The molecule has 0 bridgehead atoms. The highest BCUT2D eigenvalue weighted by atomic mass is 35.5. The maximum absolute atomic E-state index is 9.88. The molecule has 0 aliphatic heterocycles. The molecule has 1 aliphatic rings. The van der Waals surface area contributed by atoms with E-state index in [1.807, 2.05) is 0 Å². The molecule has 1 atom stereocenters. The fourth-order valence-electron chi connectivity index (χ4n) is 2.09. The van der Waals surface area contributed by atoms with Crippen LogP contribution in [0.25, 0.3) is 0 Å². The molecule has 0 amide bonds. The van der Waals surface area contributed by atoms with Gasteiger partial charge in [0.05, 0.1) is 5.02 Å². The van der Waals surface area contributed by atoms with Gasteiger partial charge in [-0.25, -0.2) is 0 Å². The van der Waals surface area contributed by atoms with E-state index in [1.54, 1.807) is 18.2 Å². The molecule has 106 valence electrons. The Bertz CT molecular complexity index is 435. The standard InChI is InChI=1S/C14H19Cl2NO2/c1-14(5-2-6-14)17-8-11(18)9-19-13-4-3-10(15)7-12(13)16/h3-4,7,11,17-18H,2,5-6,8-9H2,1H3. The van der Waals surface area contributed by atoms with Crippen LogP contribution in [0.15, 0.2) is 18.2 Å². The summed E-state index contributed by atoms with van der Waals surface area (Å²) in [5.74, 6) is 0.542. The van der Waals surface area contributed by atoms with Gasteiger partial charge in [-0.15, -0.1) is 0 Å². The maximum Gasteiger partial charge on any atom is 0.138 e. The Kier molecular flexibility index (Phi) is 4.96. The molecule has 5 heteroatoms. The molecule has 0 heterocycles. The number of benzene rings is 1. The second-order valence-corrected chi connectivity index (χ2v) is 6.18. The highest BCUT2D eigenvalue weighted by molar-refractivity contribution is 6.35. The van der Waals surface area contributed by atoms with E-state index in [1.165, 1.54) is 19.3 Å². The molecule has 0 spiro atoms. The number of aliphatic hydroxyl groups excluding tert-OH is 1. The van der Waals surface area contributed by atoms with Gasteiger partial charge >= 0.3 is 0 Å². The third kappa shape index (κ3) is 4.25. The first kappa shape index (κ1) is 14.9. The summed E-state index contributed by atoms with van der Waals surface area (Å²) >= 11 is 11.8. The van der Waals surface area contributed by atoms with E-state index < -0.39 is 6.10 Å². The van der Waals surface area contributed by atoms with Crippen molar-refractivity contribution in [2.45, 2.75) is 37.8 Å². The fourth-order valence-corrected chi connectivity index (χ4v) is 2.55. The second-order valence-electron chi connectivity index (χ2n) is 5.33. The molecule has 0 radical (unpaired) electrons. The van der Waals surface area contributed by atoms with Crippen LogP contribution < -0.4 is 10.1 Å². The van der Waals surface area contributed by atoms with Crippen LogP contribution in [0.4, 0.5) is 0 Å². The van der Waals surface area contributed by atoms with Crippen LogP contribution in [0.3, 0.4) is 0 Å². The predicted molar refractivity (Wildman–Crippen MR) is 78.2 cm³/mol. The maximum atomic E-state index is 9.88. The molecule has 1 aliphatic carbocycles. The lowest BCUT2D eigenvalue weighted by atomic mass is 9.78. The van der Waals surface area contributed by atoms with Crippen molar-refractivity contribution in [3.63, 3.8) is 0 Å². The van der Waals surface area contributed by atoms with E-state index in [4.69, 9.17) is 27.9 Å². The summed E-state index contributed by atoms with van der Waals surface area (Å²) in [5, 5.41) is 14.3. The normalized spacial score (nSPS) is 18.7. The summed E-state index contributed by atoms with van der Waals surface area (Å²) in [6.07, 6.45) is 3.05. The third-order valence-electron chi connectivity index (χ3n) is 3.55. The lowest BCUT2D eigenvalue weighted by Gasteiger charge is -2.40. The topological polar surface area (TPSA) is 41.5 Å².